The maximum Gasteiger partial charge on any atom is 0.321 e. The van der Waals surface area contributed by atoms with Gasteiger partial charge in [0.1, 0.15) is 17.3 Å². The molecule has 2 aromatic carbocycles. The van der Waals surface area contributed by atoms with E-state index in [1.165, 1.54) is 0 Å². The number of rotatable bonds is 5. The van der Waals surface area contributed by atoms with E-state index in [1.807, 2.05) is 48.5 Å². The Balaban J connectivity index is 1.58. The quantitative estimate of drug-likeness (QED) is 0.573. The molecule has 0 aliphatic heterocycles. The zero-order chi connectivity index (χ0) is 17.2. The number of aromatic nitrogens is 3. The fourth-order valence-corrected chi connectivity index (χ4v) is 2.56. The molecule has 0 bridgehead atoms. The summed E-state index contributed by atoms with van der Waals surface area (Å²) in [6.07, 6.45) is 0. The third kappa shape index (κ3) is 2.99. The molecule has 4 rings (SSSR count). The van der Waals surface area contributed by atoms with E-state index in [0.717, 1.165) is 33.8 Å². The minimum Gasteiger partial charge on any atom is -0.497 e. The summed E-state index contributed by atoms with van der Waals surface area (Å²) in [5.74, 6) is 2.69. The molecule has 0 saturated heterocycles. The molecule has 0 spiro atoms. The highest BCUT2D eigenvalue weighted by Gasteiger charge is 2.11. The zero-order valence-corrected chi connectivity index (χ0v) is 13.7. The van der Waals surface area contributed by atoms with Crippen molar-refractivity contribution in [2.75, 3.05) is 19.5 Å². The minimum absolute atomic E-state index is 0.302. The molecular formula is C18H16N4O3. The van der Waals surface area contributed by atoms with Crippen LogP contribution in [-0.2, 0) is 0 Å². The number of hydrogen-bond donors (Lipinski definition) is 2. The second kappa shape index (κ2) is 6.20. The Morgan fingerprint density at radius 1 is 0.960 bits per heavy atom. The molecule has 0 aliphatic rings. The van der Waals surface area contributed by atoms with Crippen LogP contribution in [0.3, 0.4) is 0 Å². The van der Waals surface area contributed by atoms with E-state index < -0.39 is 0 Å². The van der Waals surface area contributed by atoms with Crippen LogP contribution in [0.5, 0.6) is 11.5 Å². The van der Waals surface area contributed by atoms with Gasteiger partial charge in [0.25, 0.3) is 0 Å². The van der Waals surface area contributed by atoms with Crippen LogP contribution in [0.4, 0.5) is 11.8 Å². The Kier molecular flexibility index (Phi) is 3.74. The molecule has 0 saturated carbocycles. The summed E-state index contributed by atoms with van der Waals surface area (Å²) in [6, 6.07) is 15.5. The summed E-state index contributed by atoms with van der Waals surface area (Å²) in [5.41, 5.74) is 1.75. The van der Waals surface area contributed by atoms with E-state index >= 15 is 0 Å². The molecule has 25 heavy (non-hydrogen) atoms. The smallest absolute Gasteiger partial charge is 0.321 e. The van der Waals surface area contributed by atoms with Gasteiger partial charge in [-0.25, -0.2) is 0 Å². The first-order valence-corrected chi connectivity index (χ1v) is 7.67. The van der Waals surface area contributed by atoms with Crippen molar-refractivity contribution in [2.24, 2.45) is 0 Å². The highest BCUT2D eigenvalue weighted by Crippen LogP contribution is 2.27. The maximum absolute atomic E-state index is 5.68. The SMILES string of the molecule is COc1cccc(-c2nnc(Nc3cc4ccc(OC)cc4[nH]3)o2)c1. The fraction of sp³-hybridized carbons (Fsp3) is 0.111. The van der Waals surface area contributed by atoms with Crippen molar-refractivity contribution < 1.29 is 13.9 Å². The lowest BCUT2D eigenvalue weighted by Gasteiger charge is -2.00. The molecule has 2 aromatic heterocycles. The lowest BCUT2D eigenvalue weighted by Crippen LogP contribution is -1.89. The number of nitrogens with zero attached hydrogens (tertiary/aromatic N) is 2. The van der Waals surface area contributed by atoms with Crippen LogP contribution in [0, 0.1) is 0 Å². The topological polar surface area (TPSA) is 85.2 Å². The van der Waals surface area contributed by atoms with Crippen molar-refractivity contribution >= 4 is 22.7 Å². The van der Waals surface area contributed by atoms with Crippen LogP contribution in [0.1, 0.15) is 0 Å². The van der Waals surface area contributed by atoms with E-state index in [-0.39, 0.29) is 0 Å². The van der Waals surface area contributed by atoms with Crippen molar-refractivity contribution in [3.63, 3.8) is 0 Å². The number of anilines is 2. The van der Waals surface area contributed by atoms with Crippen molar-refractivity contribution in [3.8, 4) is 23.0 Å². The summed E-state index contributed by atoms with van der Waals surface area (Å²) < 4.78 is 16.1. The van der Waals surface area contributed by atoms with Gasteiger partial charge in [0.15, 0.2) is 0 Å². The van der Waals surface area contributed by atoms with Gasteiger partial charge in [-0.1, -0.05) is 11.2 Å². The Bertz CT molecular complexity index is 1020. The van der Waals surface area contributed by atoms with Crippen LogP contribution in [0.2, 0.25) is 0 Å². The minimum atomic E-state index is 0.302. The number of ether oxygens (including phenoxy) is 2. The maximum atomic E-state index is 5.68. The van der Waals surface area contributed by atoms with Gasteiger partial charge >= 0.3 is 6.01 Å². The molecule has 7 heteroatoms. The first-order chi connectivity index (χ1) is 12.2. The highest BCUT2D eigenvalue weighted by atomic mass is 16.5. The van der Waals surface area contributed by atoms with Gasteiger partial charge in [-0.15, -0.1) is 5.10 Å². The van der Waals surface area contributed by atoms with Crippen LogP contribution in [-0.4, -0.2) is 29.4 Å². The Hall–Kier alpha value is -3.48. The van der Waals surface area contributed by atoms with Crippen molar-refractivity contribution in [2.45, 2.75) is 0 Å². The predicted molar refractivity (Wildman–Crippen MR) is 94.4 cm³/mol. The van der Waals surface area contributed by atoms with Crippen LogP contribution in [0.15, 0.2) is 52.9 Å². The molecule has 0 atom stereocenters. The standard InChI is InChI=1S/C18H16N4O3/c1-23-13-5-3-4-12(8-13)17-21-22-18(25-17)20-16-9-11-6-7-14(24-2)10-15(11)19-16/h3-10,19H,1-2H3,(H,20,22). The zero-order valence-electron chi connectivity index (χ0n) is 13.7. The summed E-state index contributed by atoms with van der Waals surface area (Å²) in [4.78, 5) is 3.25. The highest BCUT2D eigenvalue weighted by molar-refractivity contribution is 5.85. The Morgan fingerprint density at radius 2 is 1.80 bits per heavy atom. The van der Waals surface area contributed by atoms with E-state index in [2.05, 4.69) is 20.5 Å². The van der Waals surface area contributed by atoms with Crippen LogP contribution >= 0.6 is 0 Å². The molecule has 0 fully saturated rings. The molecule has 2 N–H and O–H groups in total. The second-order valence-corrected chi connectivity index (χ2v) is 5.41. The van der Waals surface area contributed by atoms with Gasteiger partial charge < -0.3 is 18.9 Å². The summed E-state index contributed by atoms with van der Waals surface area (Å²) >= 11 is 0. The molecule has 0 amide bonds. The van der Waals surface area contributed by atoms with Gasteiger partial charge in [0.2, 0.25) is 5.89 Å². The average molecular weight is 336 g/mol. The molecular weight excluding hydrogens is 320 g/mol. The van der Waals surface area contributed by atoms with E-state index in [9.17, 15) is 0 Å². The largest absolute Gasteiger partial charge is 0.497 e. The molecule has 2 heterocycles. The lowest BCUT2D eigenvalue weighted by molar-refractivity contribution is 0.414. The van der Waals surface area contributed by atoms with Crippen molar-refractivity contribution in [1.29, 1.82) is 0 Å². The molecule has 7 nitrogen and oxygen atoms in total. The van der Waals surface area contributed by atoms with E-state index in [1.54, 1.807) is 14.2 Å². The molecule has 0 unspecified atom stereocenters. The van der Waals surface area contributed by atoms with E-state index in [4.69, 9.17) is 13.9 Å². The normalized spacial score (nSPS) is 10.8. The first kappa shape index (κ1) is 15.1. The summed E-state index contributed by atoms with van der Waals surface area (Å²) in [7, 11) is 3.26. The van der Waals surface area contributed by atoms with Crippen LogP contribution in [0.25, 0.3) is 22.4 Å². The number of hydrogen-bond acceptors (Lipinski definition) is 6. The average Bonchev–Trinajstić information content (AvgIpc) is 3.27. The van der Waals surface area contributed by atoms with Crippen LogP contribution < -0.4 is 14.8 Å². The Labute approximate surface area is 143 Å². The van der Waals surface area contributed by atoms with Crippen molar-refractivity contribution in [3.05, 3.63) is 48.5 Å². The Morgan fingerprint density at radius 3 is 2.64 bits per heavy atom. The molecule has 4 aromatic rings. The number of nitrogens with one attached hydrogen (secondary N) is 2. The first-order valence-electron chi connectivity index (χ1n) is 7.67. The predicted octanol–water partition coefficient (Wildman–Crippen LogP) is 3.98. The third-order valence-corrected chi connectivity index (χ3v) is 3.81. The lowest BCUT2D eigenvalue weighted by atomic mass is 10.2. The number of fused-ring (bicyclic) bond motifs is 1. The van der Waals surface area contributed by atoms with Gasteiger partial charge in [-0.3, -0.25) is 5.32 Å². The molecule has 126 valence electrons. The monoisotopic (exact) mass is 336 g/mol. The fourth-order valence-electron chi connectivity index (χ4n) is 2.56. The molecule has 0 aliphatic carbocycles. The number of benzene rings is 2. The number of methoxy groups -OCH3 is 2. The molecule has 0 radical (unpaired) electrons. The van der Waals surface area contributed by atoms with Gasteiger partial charge in [0.05, 0.1) is 19.7 Å². The summed E-state index contributed by atoms with van der Waals surface area (Å²) in [5, 5.41) is 12.2. The van der Waals surface area contributed by atoms with Gasteiger partial charge in [-0.05, 0) is 36.4 Å². The third-order valence-electron chi connectivity index (χ3n) is 3.81. The van der Waals surface area contributed by atoms with Crippen molar-refractivity contribution in [1.82, 2.24) is 15.2 Å². The summed E-state index contributed by atoms with van der Waals surface area (Å²) in [6.45, 7) is 0. The van der Waals surface area contributed by atoms with Gasteiger partial charge in [-0.2, -0.15) is 0 Å². The number of H-pyrrole nitrogens is 1. The number of aromatic amines is 1. The van der Waals surface area contributed by atoms with Gasteiger partial charge in [0, 0.05) is 17.0 Å². The second-order valence-electron chi connectivity index (χ2n) is 5.41. The van der Waals surface area contributed by atoms with E-state index in [0.29, 0.717) is 11.9 Å².